The summed E-state index contributed by atoms with van der Waals surface area (Å²) < 4.78 is 7.75. The second kappa shape index (κ2) is 9.06. The van der Waals surface area contributed by atoms with Crippen LogP contribution in [0.25, 0.3) is 11.1 Å². The summed E-state index contributed by atoms with van der Waals surface area (Å²) >= 11 is 0. The molecule has 7 nitrogen and oxygen atoms in total. The first kappa shape index (κ1) is 21.3. The van der Waals surface area contributed by atoms with E-state index in [1.807, 2.05) is 23.7 Å². The van der Waals surface area contributed by atoms with Gasteiger partial charge in [-0.2, -0.15) is 5.10 Å². The lowest BCUT2D eigenvalue weighted by Crippen LogP contribution is -2.28. The lowest BCUT2D eigenvalue weighted by molar-refractivity contribution is -0.119. The molecule has 0 bridgehead atoms. The molecule has 0 N–H and O–H groups in total. The third kappa shape index (κ3) is 4.88. The van der Waals surface area contributed by atoms with Gasteiger partial charge in [0.15, 0.2) is 5.78 Å². The molecule has 0 aliphatic carbocycles. The van der Waals surface area contributed by atoms with Crippen molar-refractivity contribution in [2.24, 2.45) is 0 Å². The van der Waals surface area contributed by atoms with Gasteiger partial charge in [0.1, 0.15) is 12.9 Å². The van der Waals surface area contributed by atoms with E-state index in [0.29, 0.717) is 5.92 Å². The normalized spacial score (nSPS) is 21.2. The van der Waals surface area contributed by atoms with Gasteiger partial charge in [-0.1, -0.05) is 6.07 Å². The fourth-order valence-corrected chi connectivity index (χ4v) is 4.67. The van der Waals surface area contributed by atoms with E-state index in [4.69, 9.17) is 9.84 Å². The molecule has 1 saturated heterocycles. The number of Topliss-reactive ketones (excluding diaryl/α,β-unsaturated/α-hetero) is 1. The Morgan fingerprint density at radius 3 is 2.42 bits per heavy atom. The molecule has 1 fully saturated rings. The molecule has 2 unspecified atom stereocenters. The number of aryl methyl sites for hydroxylation is 1. The largest absolute Gasteiger partial charge is 0.376 e. The van der Waals surface area contributed by atoms with Crippen molar-refractivity contribution in [3.63, 3.8) is 0 Å². The molecule has 3 aromatic heterocycles. The first-order valence-electron chi connectivity index (χ1n) is 10.8. The maximum absolute atomic E-state index is 12.7. The SMILES string of the molecule is Cc1nn(CC(=O)Cc2ccc(-c3cncnc3)cn2)c(C)c1C1CC(C)OC(C)C1. The van der Waals surface area contributed by atoms with E-state index in [9.17, 15) is 4.79 Å². The van der Waals surface area contributed by atoms with Crippen molar-refractivity contribution in [2.75, 3.05) is 0 Å². The molecule has 1 aliphatic heterocycles. The molecular weight excluding hydrogens is 390 g/mol. The molecule has 3 aromatic rings. The van der Waals surface area contributed by atoms with Crippen molar-refractivity contribution in [3.05, 3.63) is 59.7 Å². The van der Waals surface area contributed by atoms with Crippen molar-refractivity contribution in [1.82, 2.24) is 24.7 Å². The van der Waals surface area contributed by atoms with E-state index < -0.39 is 0 Å². The number of carbonyl (C=O) groups excluding carboxylic acids is 1. The number of ether oxygens (including phenoxy) is 1. The lowest BCUT2D eigenvalue weighted by atomic mass is 9.85. The van der Waals surface area contributed by atoms with Crippen molar-refractivity contribution in [1.29, 1.82) is 0 Å². The molecular formula is C24H29N5O2. The Balaban J connectivity index is 1.43. The molecule has 1 aliphatic rings. The summed E-state index contributed by atoms with van der Waals surface area (Å²) in [5.41, 5.74) is 5.97. The van der Waals surface area contributed by atoms with Crippen LogP contribution < -0.4 is 0 Å². The third-order valence-electron chi connectivity index (χ3n) is 5.97. The van der Waals surface area contributed by atoms with E-state index >= 15 is 0 Å². The highest BCUT2D eigenvalue weighted by atomic mass is 16.5. The van der Waals surface area contributed by atoms with Crippen LogP contribution in [0, 0.1) is 13.8 Å². The first-order valence-corrected chi connectivity index (χ1v) is 10.8. The molecule has 4 rings (SSSR count). The number of rotatable bonds is 6. The Bertz CT molecular complexity index is 1040. The molecule has 0 radical (unpaired) electrons. The monoisotopic (exact) mass is 419 g/mol. The zero-order valence-electron chi connectivity index (χ0n) is 18.6. The van der Waals surface area contributed by atoms with E-state index in [1.54, 1.807) is 18.6 Å². The van der Waals surface area contributed by atoms with Gasteiger partial charge in [-0.25, -0.2) is 9.97 Å². The molecule has 4 heterocycles. The van der Waals surface area contributed by atoms with Gasteiger partial charge >= 0.3 is 0 Å². The Hall–Kier alpha value is -2.93. The number of nitrogens with zero attached hydrogens (tertiary/aromatic N) is 5. The van der Waals surface area contributed by atoms with E-state index in [2.05, 4.69) is 35.7 Å². The molecule has 0 amide bonds. The van der Waals surface area contributed by atoms with Gasteiger partial charge in [-0.3, -0.25) is 14.5 Å². The van der Waals surface area contributed by atoms with Crippen molar-refractivity contribution in [2.45, 2.75) is 71.6 Å². The number of ketones is 1. The maximum atomic E-state index is 12.7. The summed E-state index contributed by atoms with van der Waals surface area (Å²) in [4.78, 5) is 25.3. The highest BCUT2D eigenvalue weighted by Gasteiger charge is 2.30. The number of hydrogen-bond acceptors (Lipinski definition) is 6. The van der Waals surface area contributed by atoms with Gasteiger partial charge in [-0.05, 0) is 58.1 Å². The predicted octanol–water partition coefficient (Wildman–Crippen LogP) is 3.83. The average molecular weight is 420 g/mol. The number of pyridine rings is 1. The van der Waals surface area contributed by atoms with Crippen LogP contribution in [0.5, 0.6) is 0 Å². The van der Waals surface area contributed by atoms with Crippen LogP contribution in [0.4, 0.5) is 0 Å². The van der Waals surface area contributed by atoms with Crippen LogP contribution in [0.3, 0.4) is 0 Å². The fraction of sp³-hybridized carbons (Fsp3) is 0.458. The van der Waals surface area contributed by atoms with Crippen LogP contribution in [-0.2, 0) is 22.5 Å². The van der Waals surface area contributed by atoms with Gasteiger partial charge in [0.25, 0.3) is 0 Å². The standard InChI is InChI=1S/C24H29N5O2/c1-15-7-20(8-16(2)31-15)24-17(3)28-29(18(24)4)13-23(30)9-22-6-5-19(12-27-22)21-10-25-14-26-11-21/h5-6,10-12,14-16,20H,7-9,13H2,1-4H3. The number of hydrogen-bond donors (Lipinski definition) is 0. The van der Waals surface area contributed by atoms with Crippen molar-refractivity contribution in [3.8, 4) is 11.1 Å². The Morgan fingerprint density at radius 2 is 1.77 bits per heavy atom. The van der Waals surface area contributed by atoms with Crippen LogP contribution in [0.2, 0.25) is 0 Å². The molecule has 0 spiro atoms. The highest BCUT2D eigenvalue weighted by molar-refractivity contribution is 5.80. The zero-order valence-corrected chi connectivity index (χ0v) is 18.6. The minimum absolute atomic E-state index is 0.0918. The van der Waals surface area contributed by atoms with Crippen LogP contribution >= 0.6 is 0 Å². The fourth-order valence-electron chi connectivity index (χ4n) is 4.67. The summed E-state index contributed by atoms with van der Waals surface area (Å²) in [7, 11) is 0. The minimum Gasteiger partial charge on any atom is -0.376 e. The molecule has 162 valence electrons. The predicted molar refractivity (Wildman–Crippen MR) is 118 cm³/mol. The molecule has 2 atom stereocenters. The van der Waals surface area contributed by atoms with Gasteiger partial charge < -0.3 is 4.74 Å². The summed E-state index contributed by atoms with van der Waals surface area (Å²) in [6.45, 7) is 8.63. The van der Waals surface area contributed by atoms with Crippen molar-refractivity contribution < 1.29 is 9.53 Å². The van der Waals surface area contributed by atoms with Gasteiger partial charge in [0, 0.05) is 41.1 Å². The van der Waals surface area contributed by atoms with E-state index in [0.717, 1.165) is 41.1 Å². The molecule has 0 saturated carbocycles. The Morgan fingerprint density at radius 1 is 1.06 bits per heavy atom. The third-order valence-corrected chi connectivity index (χ3v) is 5.97. The molecule has 7 heteroatoms. The summed E-state index contributed by atoms with van der Waals surface area (Å²) in [5, 5.41) is 4.69. The summed E-state index contributed by atoms with van der Waals surface area (Å²) in [6.07, 6.45) is 9.51. The quantitative estimate of drug-likeness (QED) is 0.604. The van der Waals surface area contributed by atoms with Crippen molar-refractivity contribution >= 4 is 5.78 Å². The first-order chi connectivity index (χ1) is 14.9. The Labute approximate surface area is 182 Å². The summed E-state index contributed by atoms with van der Waals surface area (Å²) in [5.74, 6) is 0.521. The smallest absolute Gasteiger partial charge is 0.160 e. The van der Waals surface area contributed by atoms with E-state index in [1.165, 1.54) is 11.9 Å². The summed E-state index contributed by atoms with van der Waals surface area (Å²) in [6, 6.07) is 3.83. The zero-order chi connectivity index (χ0) is 22.0. The molecule has 31 heavy (non-hydrogen) atoms. The van der Waals surface area contributed by atoms with Gasteiger partial charge in [0.05, 0.1) is 24.3 Å². The van der Waals surface area contributed by atoms with Gasteiger partial charge in [-0.15, -0.1) is 0 Å². The van der Waals surface area contributed by atoms with E-state index in [-0.39, 0.29) is 31.0 Å². The van der Waals surface area contributed by atoms with Crippen LogP contribution in [0.15, 0.2) is 37.1 Å². The molecule has 0 aromatic carbocycles. The Kier molecular flexibility index (Phi) is 6.23. The highest BCUT2D eigenvalue weighted by Crippen LogP contribution is 2.36. The second-order valence-corrected chi connectivity index (χ2v) is 8.55. The second-order valence-electron chi connectivity index (χ2n) is 8.55. The van der Waals surface area contributed by atoms with Gasteiger partial charge in [0.2, 0.25) is 0 Å². The minimum atomic E-state index is 0.0918. The lowest BCUT2D eigenvalue weighted by Gasteiger charge is -2.32. The average Bonchev–Trinajstić information content (AvgIpc) is 3.01. The number of carbonyl (C=O) groups is 1. The van der Waals surface area contributed by atoms with Crippen LogP contribution in [-0.4, -0.2) is 42.7 Å². The number of aromatic nitrogens is 5. The topological polar surface area (TPSA) is 82.8 Å². The maximum Gasteiger partial charge on any atom is 0.160 e. The van der Waals surface area contributed by atoms with Crippen LogP contribution in [0.1, 0.15) is 55.3 Å².